The average Bonchev–Trinajstić information content (AvgIpc) is 3.24. The maximum Gasteiger partial charge on any atom is 0.341 e. The second kappa shape index (κ2) is 9.67. The van der Waals surface area contributed by atoms with Crippen molar-refractivity contribution in [2.24, 2.45) is 5.92 Å². The van der Waals surface area contributed by atoms with Crippen LogP contribution in [-0.4, -0.2) is 24.1 Å². The normalized spacial score (nSPS) is 17.7. The number of amides is 1. The molecule has 31 heavy (non-hydrogen) atoms. The molecule has 2 aliphatic carbocycles. The summed E-state index contributed by atoms with van der Waals surface area (Å²) in [6.07, 6.45) is 8.59. The van der Waals surface area contributed by atoms with Crippen LogP contribution in [0, 0.1) is 5.92 Å². The van der Waals surface area contributed by atoms with Gasteiger partial charge < -0.3 is 10.1 Å². The van der Waals surface area contributed by atoms with E-state index in [-0.39, 0.29) is 17.0 Å². The van der Waals surface area contributed by atoms with Crippen LogP contribution in [0.5, 0.6) is 0 Å². The molecule has 2 aromatic rings. The maximum atomic E-state index is 12.6. The fourth-order valence-corrected chi connectivity index (χ4v) is 7.02. The third kappa shape index (κ3) is 4.94. The van der Waals surface area contributed by atoms with Crippen LogP contribution in [-0.2, 0) is 30.4 Å². The Balaban J connectivity index is 1.41. The lowest BCUT2D eigenvalue weighted by molar-refractivity contribution is 0.0600. The minimum absolute atomic E-state index is 0.199. The third-order valence-corrected chi connectivity index (χ3v) is 8.50. The molecule has 0 aliphatic heterocycles. The Labute approximate surface area is 195 Å². The number of aryl methyl sites for hydroxylation is 2. The van der Waals surface area contributed by atoms with Crippen LogP contribution in [0.25, 0.3) is 0 Å². The highest BCUT2D eigenvalue weighted by atomic mass is 32.1. The molecule has 9 heteroatoms. The van der Waals surface area contributed by atoms with E-state index in [0.717, 1.165) is 37.7 Å². The molecule has 0 aromatic carbocycles. The van der Waals surface area contributed by atoms with Crippen molar-refractivity contribution < 1.29 is 14.3 Å². The molecule has 0 radical (unpaired) electrons. The predicted molar refractivity (Wildman–Crippen MR) is 129 cm³/mol. The van der Waals surface area contributed by atoms with Gasteiger partial charge in [-0.1, -0.05) is 13.3 Å². The molecule has 6 nitrogen and oxygen atoms in total. The summed E-state index contributed by atoms with van der Waals surface area (Å²) in [5, 5.41) is 3.99. The van der Waals surface area contributed by atoms with E-state index >= 15 is 0 Å². The molecule has 1 amide bonds. The predicted octanol–water partition coefficient (Wildman–Crippen LogP) is 4.62. The van der Waals surface area contributed by atoms with Crippen molar-refractivity contribution in [2.75, 3.05) is 12.4 Å². The van der Waals surface area contributed by atoms with E-state index in [9.17, 15) is 9.59 Å². The monoisotopic (exact) mass is 477 g/mol. The Morgan fingerprint density at radius 2 is 1.90 bits per heavy atom. The van der Waals surface area contributed by atoms with Gasteiger partial charge in [0, 0.05) is 9.75 Å². The molecule has 2 heterocycles. The Kier molecular flexibility index (Phi) is 6.93. The van der Waals surface area contributed by atoms with Gasteiger partial charge in [0.15, 0.2) is 5.11 Å². The molecule has 0 saturated heterocycles. The standard InChI is InChI=1S/C22H27N3O3S3/c1-12-8-9-14-16(10-12)31-20(18(14)21(27)28-2)23-22(29)25-24-19(26)17-11-13-6-4-3-5-7-15(13)30-17/h11-12H,3-10H2,1-2H3,(H,24,26)(H2,23,25,29). The summed E-state index contributed by atoms with van der Waals surface area (Å²) in [5.74, 6) is 0.0333. The van der Waals surface area contributed by atoms with Gasteiger partial charge >= 0.3 is 5.97 Å². The minimum Gasteiger partial charge on any atom is -0.465 e. The number of rotatable bonds is 3. The highest BCUT2D eigenvalue weighted by Crippen LogP contribution is 2.40. The quantitative estimate of drug-likeness (QED) is 0.259. The van der Waals surface area contributed by atoms with Crippen molar-refractivity contribution in [1.29, 1.82) is 0 Å². The fraction of sp³-hybridized carbons (Fsp3) is 0.500. The number of carbonyl (C=O) groups excluding carboxylic acids is 2. The molecular weight excluding hydrogens is 450 g/mol. The Bertz CT molecular complexity index is 988. The number of ether oxygens (including phenoxy) is 1. The number of anilines is 1. The molecule has 2 aliphatic rings. The van der Waals surface area contributed by atoms with Crippen LogP contribution in [0.4, 0.5) is 5.00 Å². The summed E-state index contributed by atoms with van der Waals surface area (Å²) in [7, 11) is 1.39. The number of thiophene rings is 2. The maximum absolute atomic E-state index is 12.6. The summed E-state index contributed by atoms with van der Waals surface area (Å²) < 4.78 is 5.01. The zero-order valence-electron chi connectivity index (χ0n) is 17.8. The summed E-state index contributed by atoms with van der Waals surface area (Å²) >= 11 is 8.48. The van der Waals surface area contributed by atoms with Gasteiger partial charge in [0.05, 0.1) is 17.6 Å². The number of esters is 1. The van der Waals surface area contributed by atoms with Gasteiger partial charge in [-0.2, -0.15) is 0 Å². The molecule has 166 valence electrons. The number of hydrazine groups is 1. The first kappa shape index (κ1) is 22.2. The first-order valence-corrected chi connectivity index (χ1v) is 12.7. The average molecular weight is 478 g/mol. The second-order valence-electron chi connectivity index (χ2n) is 8.20. The number of hydrogen-bond acceptors (Lipinski definition) is 6. The number of thiocarbonyl (C=S) groups is 1. The van der Waals surface area contributed by atoms with Crippen LogP contribution in [0.1, 0.15) is 73.5 Å². The smallest absolute Gasteiger partial charge is 0.341 e. The van der Waals surface area contributed by atoms with E-state index in [2.05, 4.69) is 23.1 Å². The summed E-state index contributed by atoms with van der Waals surface area (Å²) in [6.45, 7) is 2.22. The van der Waals surface area contributed by atoms with Gasteiger partial charge in [0.1, 0.15) is 5.00 Å². The van der Waals surface area contributed by atoms with Crippen molar-refractivity contribution in [3.8, 4) is 0 Å². The van der Waals surface area contributed by atoms with E-state index in [0.29, 0.717) is 21.4 Å². The highest BCUT2D eigenvalue weighted by molar-refractivity contribution is 7.80. The first-order chi connectivity index (χ1) is 15.0. The molecule has 0 fully saturated rings. The zero-order valence-corrected chi connectivity index (χ0v) is 20.2. The number of fused-ring (bicyclic) bond motifs is 2. The van der Waals surface area contributed by atoms with Crippen molar-refractivity contribution in [3.05, 3.63) is 37.4 Å². The summed E-state index contributed by atoms with van der Waals surface area (Å²) in [6, 6.07) is 2.00. The van der Waals surface area contributed by atoms with E-state index in [1.165, 1.54) is 53.0 Å². The molecule has 1 unspecified atom stereocenters. The molecule has 0 bridgehead atoms. The topological polar surface area (TPSA) is 79.5 Å². The van der Waals surface area contributed by atoms with E-state index < -0.39 is 0 Å². The second-order valence-corrected chi connectivity index (χ2v) is 10.9. The van der Waals surface area contributed by atoms with Gasteiger partial charge in [-0.3, -0.25) is 15.6 Å². The van der Waals surface area contributed by atoms with Crippen LogP contribution in [0.3, 0.4) is 0 Å². The molecule has 4 rings (SSSR count). The zero-order chi connectivity index (χ0) is 22.0. The molecule has 3 N–H and O–H groups in total. The van der Waals surface area contributed by atoms with E-state index in [1.807, 2.05) is 6.07 Å². The highest BCUT2D eigenvalue weighted by Gasteiger charge is 2.28. The van der Waals surface area contributed by atoms with E-state index in [4.69, 9.17) is 17.0 Å². The SMILES string of the molecule is COC(=O)c1c(NC(=S)NNC(=O)c2cc3c(s2)CCCCC3)sc2c1CCC(C)C2. The number of methoxy groups -OCH3 is 1. The van der Waals surface area contributed by atoms with Crippen LogP contribution >= 0.6 is 34.9 Å². The first-order valence-electron chi connectivity index (χ1n) is 10.7. The van der Waals surface area contributed by atoms with Crippen LogP contribution in [0.15, 0.2) is 6.07 Å². The molecule has 0 saturated carbocycles. The van der Waals surface area contributed by atoms with Crippen molar-refractivity contribution in [1.82, 2.24) is 10.9 Å². The Hall–Kier alpha value is -1.97. The summed E-state index contributed by atoms with van der Waals surface area (Å²) in [5.41, 5.74) is 8.38. The van der Waals surface area contributed by atoms with Crippen molar-refractivity contribution in [3.63, 3.8) is 0 Å². The van der Waals surface area contributed by atoms with Gasteiger partial charge in [0.25, 0.3) is 5.91 Å². The van der Waals surface area contributed by atoms with Crippen LogP contribution in [0.2, 0.25) is 0 Å². The lowest BCUT2D eigenvalue weighted by atomic mass is 9.88. The third-order valence-electron chi connectivity index (χ3n) is 5.89. The molecule has 0 spiro atoms. The fourth-order valence-electron chi connectivity index (χ4n) is 4.25. The Morgan fingerprint density at radius 1 is 1.10 bits per heavy atom. The van der Waals surface area contributed by atoms with Gasteiger partial charge in [-0.15, -0.1) is 22.7 Å². The largest absolute Gasteiger partial charge is 0.465 e. The van der Waals surface area contributed by atoms with Crippen molar-refractivity contribution >= 4 is 56.9 Å². The number of hydrogen-bond donors (Lipinski definition) is 3. The van der Waals surface area contributed by atoms with E-state index in [1.54, 1.807) is 11.3 Å². The van der Waals surface area contributed by atoms with Crippen molar-refractivity contribution in [2.45, 2.75) is 58.3 Å². The molecule has 1 atom stereocenters. The molecular formula is C22H27N3O3S3. The number of nitrogens with one attached hydrogen (secondary N) is 3. The minimum atomic E-state index is -0.360. The van der Waals surface area contributed by atoms with Gasteiger partial charge in [-0.25, -0.2) is 4.79 Å². The van der Waals surface area contributed by atoms with Gasteiger partial charge in [-0.05, 0) is 80.3 Å². The Morgan fingerprint density at radius 3 is 2.71 bits per heavy atom. The molecule has 2 aromatic heterocycles. The lowest BCUT2D eigenvalue weighted by Crippen LogP contribution is -2.43. The number of carbonyl (C=O) groups is 2. The lowest BCUT2D eigenvalue weighted by Gasteiger charge is -2.18. The van der Waals surface area contributed by atoms with Crippen LogP contribution < -0.4 is 16.2 Å². The van der Waals surface area contributed by atoms with Gasteiger partial charge in [0.2, 0.25) is 0 Å². The summed E-state index contributed by atoms with van der Waals surface area (Å²) in [4.78, 5) is 28.2.